The van der Waals surface area contributed by atoms with Gasteiger partial charge in [-0.1, -0.05) is 84.4 Å². The van der Waals surface area contributed by atoms with E-state index in [9.17, 15) is 0 Å². The van der Waals surface area contributed by atoms with Gasteiger partial charge >= 0.3 is 0 Å². The maximum atomic E-state index is 5.92. The highest BCUT2D eigenvalue weighted by molar-refractivity contribution is 7.80. The van der Waals surface area contributed by atoms with Gasteiger partial charge in [0.2, 0.25) is 0 Å². The largest absolute Gasteiger partial charge is 0.363 e. The molecule has 0 radical (unpaired) electrons. The second kappa shape index (κ2) is 10.1. The van der Waals surface area contributed by atoms with E-state index in [1.165, 1.54) is 11.1 Å². The zero-order valence-corrected chi connectivity index (χ0v) is 16.6. The van der Waals surface area contributed by atoms with Gasteiger partial charge in [0.05, 0.1) is 0 Å². The second-order valence-electron chi connectivity index (χ2n) is 6.40. The minimum Gasteiger partial charge on any atom is -0.363 e. The molecule has 27 heavy (non-hydrogen) atoms. The summed E-state index contributed by atoms with van der Waals surface area (Å²) in [5.41, 5.74) is 3.80. The molecule has 3 aromatic carbocycles. The molecule has 0 aromatic heterocycles. The summed E-state index contributed by atoms with van der Waals surface area (Å²) in [5, 5.41) is 7.99. The fraction of sp³-hybridized carbons (Fsp3) is 0.174. The van der Waals surface area contributed by atoms with Crippen LogP contribution in [0.5, 0.6) is 0 Å². The lowest BCUT2D eigenvalue weighted by molar-refractivity contribution is 0.684. The van der Waals surface area contributed by atoms with Crippen molar-refractivity contribution in [1.29, 1.82) is 0 Å². The third kappa shape index (κ3) is 6.09. The third-order valence-corrected chi connectivity index (χ3v) is 5.03. The van der Waals surface area contributed by atoms with Crippen LogP contribution in [-0.4, -0.2) is 11.7 Å². The van der Waals surface area contributed by atoms with Gasteiger partial charge in [0.25, 0.3) is 0 Å². The molecule has 0 saturated heterocycles. The summed E-state index contributed by atoms with van der Waals surface area (Å²) in [6.45, 7) is 1.49. The predicted octanol–water partition coefficient (Wildman–Crippen LogP) is 5.53. The van der Waals surface area contributed by atoms with Crippen LogP contribution in [0.4, 0.5) is 0 Å². The van der Waals surface area contributed by atoms with Crippen molar-refractivity contribution in [3.63, 3.8) is 0 Å². The first kappa shape index (κ1) is 19.4. The van der Waals surface area contributed by atoms with E-state index in [1.54, 1.807) is 0 Å². The van der Waals surface area contributed by atoms with Gasteiger partial charge < -0.3 is 10.6 Å². The van der Waals surface area contributed by atoms with Crippen LogP contribution in [0, 0.1) is 0 Å². The van der Waals surface area contributed by atoms with Gasteiger partial charge in [-0.15, -0.1) is 0 Å². The van der Waals surface area contributed by atoms with Crippen molar-refractivity contribution in [1.82, 2.24) is 10.6 Å². The molecule has 0 fully saturated rings. The number of benzene rings is 3. The predicted molar refractivity (Wildman–Crippen MR) is 118 cm³/mol. The monoisotopic (exact) mass is 394 g/mol. The Kier molecular flexibility index (Phi) is 7.26. The molecule has 3 aromatic rings. The number of nitrogens with one attached hydrogen (secondary N) is 2. The standard InChI is InChI=1S/C23H23ClN2S/c24-21-13-11-18(12-14-21)17-26-23(27)25-16-15-22(19-7-3-1-4-8-19)20-9-5-2-6-10-20/h1-14,22H,15-17H2,(H2,25,26,27). The molecule has 0 saturated carbocycles. The summed E-state index contributed by atoms with van der Waals surface area (Å²) in [5.74, 6) is 0.346. The first-order valence-corrected chi connectivity index (χ1v) is 9.87. The van der Waals surface area contributed by atoms with E-state index in [4.69, 9.17) is 23.8 Å². The molecule has 0 atom stereocenters. The Morgan fingerprint density at radius 2 is 1.33 bits per heavy atom. The summed E-state index contributed by atoms with van der Waals surface area (Å²) in [4.78, 5) is 0. The molecule has 4 heteroatoms. The fourth-order valence-corrected chi connectivity index (χ4v) is 3.37. The quantitative estimate of drug-likeness (QED) is 0.515. The molecule has 2 nitrogen and oxygen atoms in total. The SMILES string of the molecule is S=C(NCCC(c1ccccc1)c1ccccc1)NCc1ccc(Cl)cc1. The zero-order valence-electron chi connectivity index (χ0n) is 15.1. The van der Waals surface area contributed by atoms with Crippen LogP contribution in [-0.2, 0) is 6.54 Å². The maximum Gasteiger partial charge on any atom is 0.166 e. The van der Waals surface area contributed by atoms with Crippen molar-refractivity contribution in [2.75, 3.05) is 6.54 Å². The normalized spacial score (nSPS) is 10.6. The molecule has 0 spiro atoms. The van der Waals surface area contributed by atoms with E-state index >= 15 is 0 Å². The topological polar surface area (TPSA) is 24.1 Å². The molecule has 0 aliphatic heterocycles. The number of thiocarbonyl (C=S) groups is 1. The molecule has 2 N–H and O–H groups in total. The van der Waals surface area contributed by atoms with Crippen LogP contribution in [0.25, 0.3) is 0 Å². The number of halogens is 1. The van der Waals surface area contributed by atoms with Crippen molar-refractivity contribution in [2.24, 2.45) is 0 Å². The lowest BCUT2D eigenvalue weighted by Crippen LogP contribution is -2.35. The molecule has 0 unspecified atom stereocenters. The number of hydrogen-bond donors (Lipinski definition) is 2. The Morgan fingerprint density at radius 3 is 1.89 bits per heavy atom. The molecule has 0 heterocycles. The minimum absolute atomic E-state index is 0.346. The smallest absolute Gasteiger partial charge is 0.166 e. The Labute approximate surface area is 171 Å². The molecular formula is C23H23ClN2S. The zero-order chi connectivity index (χ0) is 18.9. The summed E-state index contributed by atoms with van der Waals surface area (Å²) in [7, 11) is 0. The number of rotatable bonds is 7. The van der Waals surface area contributed by atoms with Crippen molar-refractivity contribution in [3.8, 4) is 0 Å². The van der Waals surface area contributed by atoms with Gasteiger partial charge in [0, 0.05) is 24.0 Å². The highest BCUT2D eigenvalue weighted by Crippen LogP contribution is 2.27. The van der Waals surface area contributed by atoms with Gasteiger partial charge in [-0.05, 0) is 47.5 Å². The van der Waals surface area contributed by atoms with E-state index in [-0.39, 0.29) is 0 Å². The summed E-state index contributed by atoms with van der Waals surface area (Å²) < 4.78 is 0. The maximum absolute atomic E-state index is 5.92. The van der Waals surface area contributed by atoms with Crippen LogP contribution < -0.4 is 10.6 Å². The van der Waals surface area contributed by atoms with E-state index in [1.807, 2.05) is 24.3 Å². The van der Waals surface area contributed by atoms with Gasteiger partial charge in [-0.2, -0.15) is 0 Å². The van der Waals surface area contributed by atoms with Crippen molar-refractivity contribution < 1.29 is 0 Å². The fourth-order valence-electron chi connectivity index (χ4n) is 3.07. The van der Waals surface area contributed by atoms with Crippen LogP contribution >= 0.6 is 23.8 Å². The molecule has 138 valence electrons. The second-order valence-corrected chi connectivity index (χ2v) is 7.24. The molecule has 3 rings (SSSR count). The lowest BCUT2D eigenvalue weighted by Gasteiger charge is -2.19. The first-order valence-electron chi connectivity index (χ1n) is 9.08. The van der Waals surface area contributed by atoms with Crippen molar-refractivity contribution >= 4 is 28.9 Å². The Morgan fingerprint density at radius 1 is 0.778 bits per heavy atom. The highest BCUT2D eigenvalue weighted by atomic mass is 35.5. The molecule has 0 aliphatic carbocycles. The summed E-state index contributed by atoms with van der Waals surface area (Å²) >= 11 is 11.3. The van der Waals surface area contributed by atoms with E-state index in [2.05, 4.69) is 71.3 Å². The van der Waals surface area contributed by atoms with Gasteiger partial charge in [-0.3, -0.25) is 0 Å². The van der Waals surface area contributed by atoms with Crippen LogP contribution in [0.2, 0.25) is 5.02 Å². The van der Waals surface area contributed by atoms with Gasteiger partial charge in [0.15, 0.2) is 5.11 Å². The van der Waals surface area contributed by atoms with Gasteiger partial charge in [0.1, 0.15) is 0 Å². The average molecular weight is 395 g/mol. The van der Waals surface area contributed by atoms with E-state index in [0.29, 0.717) is 17.6 Å². The number of hydrogen-bond acceptors (Lipinski definition) is 1. The molecule has 0 amide bonds. The molecule has 0 aliphatic rings. The van der Waals surface area contributed by atoms with E-state index < -0.39 is 0 Å². The van der Waals surface area contributed by atoms with Crippen molar-refractivity contribution in [2.45, 2.75) is 18.9 Å². The van der Waals surface area contributed by atoms with E-state index in [0.717, 1.165) is 23.6 Å². The molecule has 0 bridgehead atoms. The molecular weight excluding hydrogens is 372 g/mol. The van der Waals surface area contributed by atoms with Crippen LogP contribution in [0.1, 0.15) is 29.0 Å². The van der Waals surface area contributed by atoms with Crippen LogP contribution in [0.15, 0.2) is 84.9 Å². The average Bonchev–Trinajstić information content (AvgIpc) is 2.72. The first-order chi connectivity index (χ1) is 13.2. The highest BCUT2D eigenvalue weighted by Gasteiger charge is 2.13. The minimum atomic E-state index is 0.346. The third-order valence-electron chi connectivity index (χ3n) is 4.49. The van der Waals surface area contributed by atoms with Crippen molar-refractivity contribution in [3.05, 3.63) is 107 Å². The van der Waals surface area contributed by atoms with Gasteiger partial charge in [-0.25, -0.2) is 0 Å². The Balaban J connectivity index is 1.53. The lowest BCUT2D eigenvalue weighted by atomic mass is 9.88. The van der Waals surface area contributed by atoms with Crippen LogP contribution in [0.3, 0.4) is 0 Å². The Bertz CT molecular complexity index is 796. The summed E-state index contributed by atoms with van der Waals surface area (Å²) in [6.07, 6.45) is 0.969. The Hall–Kier alpha value is -2.36. The summed E-state index contributed by atoms with van der Waals surface area (Å²) in [6, 6.07) is 29.0.